The predicted octanol–water partition coefficient (Wildman–Crippen LogP) is 4.57. The summed E-state index contributed by atoms with van der Waals surface area (Å²) in [5.41, 5.74) is 1.61. The van der Waals surface area contributed by atoms with Crippen molar-refractivity contribution in [1.82, 2.24) is 10.2 Å². The van der Waals surface area contributed by atoms with Crippen LogP contribution in [-0.4, -0.2) is 36.4 Å². The van der Waals surface area contributed by atoms with Crippen molar-refractivity contribution >= 4 is 11.8 Å². The van der Waals surface area contributed by atoms with Crippen molar-refractivity contribution in [3.8, 4) is 5.75 Å². The molecule has 1 N–H and O–H groups in total. The van der Waals surface area contributed by atoms with Gasteiger partial charge in [-0.1, -0.05) is 18.2 Å². The van der Waals surface area contributed by atoms with E-state index in [1.807, 2.05) is 32.0 Å². The van der Waals surface area contributed by atoms with Crippen LogP contribution in [0.1, 0.15) is 47.6 Å². The summed E-state index contributed by atoms with van der Waals surface area (Å²) in [6.45, 7) is 4.69. The smallest absolute Gasteiger partial charge is 0.416 e. The number of likely N-dealkylation sites (tertiary alicyclic amines) is 1. The number of nitrogens with zero attached hydrogens (tertiary/aromatic N) is 1. The number of rotatable bonds is 8. The highest BCUT2D eigenvalue weighted by Gasteiger charge is 2.32. The van der Waals surface area contributed by atoms with Crippen molar-refractivity contribution in [2.24, 2.45) is 0 Å². The normalized spacial score (nSPS) is 15.0. The number of carbonyl (C=O) groups is 2. The first-order valence-electron chi connectivity index (χ1n) is 10.6. The van der Waals surface area contributed by atoms with Gasteiger partial charge in [-0.05, 0) is 61.2 Å². The van der Waals surface area contributed by atoms with Crippen LogP contribution in [0, 0.1) is 13.8 Å². The Hall–Kier alpha value is -3.03. The summed E-state index contributed by atoms with van der Waals surface area (Å²) in [6.07, 6.45) is -3.34. The first-order chi connectivity index (χ1) is 15.1. The molecule has 172 valence electrons. The van der Waals surface area contributed by atoms with Crippen molar-refractivity contribution in [1.29, 1.82) is 0 Å². The summed E-state index contributed by atoms with van der Waals surface area (Å²) in [5, 5.41) is 2.79. The van der Waals surface area contributed by atoms with Crippen molar-refractivity contribution in [2.45, 2.75) is 45.3 Å². The van der Waals surface area contributed by atoms with Gasteiger partial charge in [0, 0.05) is 19.5 Å². The SMILES string of the molecule is Cc1cc(C)cc(OCCC(=O)NC(CN2CCCC2=O)c2cccc(C(F)(F)F)c2)c1. The van der Waals surface area contributed by atoms with Crippen LogP contribution in [0.4, 0.5) is 13.2 Å². The topological polar surface area (TPSA) is 58.6 Å². The number of amides is 2. The zero-order valence-corrected chi connectivity index (χ0v) is 18.2. The molecule has 2 amide bonds. The molecule has 8 heteroatoms. The van der Waals surface area contributed by atoms with E-state index in [9.17, 15) is 22.8 Å². The number of benzene rings is 2. The maximum Gasteiger partial charge on any atom is 0.416 e. The molecule has 5 nitrogen and oxygen atoms in total. The number of alkyl halides is 3. The standard InChI is InChI=1S/C24H27F3N2O3/c1-16-11-17(2)13-20(12-16)32-10-8-22(30)28-21(15-29-9-4-7-23(29)31)18-5-3-6-19(14-18)24(25,26)27/h3,5-6,11-14,21H,4,7-10,15H2,1-2H3,(H,28,30). The fourth-order valence-electron chi connectivity index (χ4n) is 3.83. The van der Waals surface area contributed by atoms with E-state index in [0.717, 1.165) is 23.3 Å². The maximum atomic E-state index is 13.2. The second-order valence-electron chi connectivity index (χ2n) is 8.11. The van der Waals surface area contributed by atoms with Crippen LogP contribution in [0.5, 0.6) is 5.75 Å². The summed E-state index contributed by atoms with van der Waals surface area (Å²) >= 11 is 0. The number of halogens is 3. The van der Waals surface area contributed by atoms with E-state index in [2.05, 4.69) is 5.32 Å². The third kappa shape index (κ3) is 6.48. The highest BCUT2D eigenvalue weighted by atomic mass is 19.4. The first-order valence-corrected chi connectivity index (χ1v) is 10.6. The van der Waals surface area contributed by atoms with E-state index in [-0.39, 0.29) is 31.4 Å². The summed E-state index contributed by atoms with van der Waals surface area (Å²) < 4.78 is 45.2. The van der Waals surface area contributed by atoms with Crippen LogP contribution < -0.4 is 10.1 Å². The molecule has 0 radical (unpaired) electrons. The number of ether oxygens (including phenoxy) is 1. The van der Waals surface area contributed by atoms with Crippen LogP contribution in [0.3, 0.4) is 0 Å². The van der Waals surface area contributed by atoms with Gasteiger partial charge in [-0.2, -0.15) is 13.2 Å². The third-order valence-electron chi connectivity index (χ3n) is 5.32. The first kappa shape index (κ1) is 23.6. The van der Waals surface area contributed by atoms with E-state index in [0.29, 0.717) is 30.7 Å². The van der Waals surface area contributed by atoms with E-state index in [1.54, 1.807) is 4.90 Å². The van der Waals surface area contributed by atoms with Crippen molar-refractivity contribution in [3.63, 3.8) is 0 Å². The number of hydrogen-bond acceptors (Lipinski definition) is 3. The van der Waals surface area contributed by atoms with Gasteiger partial charge in [0.25, 0.3) is 0 Å². The zero-order chi connectivity index (χ0) is 23.3. The summed E-state index contributed by atoms with van der Waals surface area (Å²) in [5.74, 6) is 0.241. The molecule has 3 rings (SSSR count). The molecule has 1 atom stereocenters. The van der Waals surface area contributed by atoms with Gasteiger partial charge in [0.1, 0.15) is 5.75 Å². The third-order valence-corrected chi connectivity index (χ3v) is 5.32. The lowest BCUT2D eigenvalue weighted by Gasteiger charge is -2.26. The Bertz CT molecular complexity index is 955. The molecule has 2 aromatic carbocycles. The molecule has 2 aromatic rings. The molecule has 0 saturated carbocycles. The van der Waals surface area contributed by atoms with E-state index in [1.165, 1.54) is 12.1 Å². The van der Waals surface area contributed by atoms with Gasteiger partial charge in [-0.25, -0.2) is 0 Å². The highest BCUT2D eigenvalue weighted by Crippen LogP contribution is 2.31. The molecule has 1 saturated heterocycles. The minimum atomic E-state index is -4.49. The minimum absolute atomic E-state index is 0.0381. The second kappa shape index (κ2) is 10.1. The number of nitrogens with one attached hydrogen (secondary N) is 1. The van der Waals surface area contributed by atoms with Gasteiger partial charge in [0.05, 0.1) is 24.6 Å². The average Bonchev–Trinajstić information content (AvgIpc) is 3.11. The van der Waals surface area contributed by atoms with Crippen molar-refractivity contribution in [2.75, 3.05) is 19.7 Å². The van der Waals surface area contributed by atoms with E-state index < -0.39 is 17.8 Å². The lowest BCUT2D eigenvalue weighted by atomic mass is 10.0. The van der Waals surface area contributed by atoms with Gasteiger partial charge < -0.3 is 15.0 Å². The Balaban J connectivity index is 1.68. The van der Waals surface area contributed by atoms with Crippen molar-refractivity contribution in [3.05, 3.63) is 64.7 Å². The minimum Gasteiger partial charge on any atom is -0.493 e. The molecular weight excluding hydrogens is 421 g/mol. The van der Waals surface area contributed by atoms with Gasteiger partial charge in [0.15, 0.2) is 0 Å². The largest absolute Gasteiger partial charge is 0.493 e. The molecule has 0 aromatic heterocycles. The molecule has 32 heavy (non-hydrogen) atoms. The van der Waals surface area contributed by atoms with Crippen LogP contribution >= 0.6 is 0 Å². The number of aryl methyl sites for hydroxylation is 2. The summed E-state index contributed by atoms with van der Waals surface area (Å²) in [6, 6.07) is 9.87. The van der Waals surface area contributed by atoms with Crippen LogP contribution in [0.15, 0.2) is 42.5 Å². The Morgan fingerprint density at radius 2 is 1.88 bits per heavy atom. The molecule has 1 aliphatic rings. The predicted molar refractivity (Wildman–Crippen MR) is 114 cm³/mol. The fourth-order valence-corrected chi connectivity index (χ4v) is 3.83. The maximum absolute atomic E-state index is 13.2. The number of carbonyl (C=O) groups excluding carboxylic acids is 2. The summed E-state index contributed by atoms with van der Waals surface area (Å²) in [7, 11) is 0. The van der Waals surface area contributed by atoms with Gasteiger partial charge in [0.2, 0.25) is 11.8 Å². The summed E-state index contributed by atoms with van der Waals surface area (Å²) in [4.78, 5) is 26.2. The van der Waals surface area contributed by atoms with Crippen LogP contribution in [-0.2, 0) is 15.8 Å². The molecule has 0 aliphatic carbocycles. The average molecular weight is 448 g/mol. The molecule has 1 heterocycles. The Morgan fingerprint density at radius 1 is 1.16 bits per heavy atom. The van der Waals surface area contributed by atoms with Crippen molar-refractivity contribution < 1.29 is 27.5 Å². The van der Waals surface area contributed by atoms with Crippen LogP contribution in [0.2, 0.25) is 0 Å². The fraction of sp³-hybridized carbons (Fsp3) is 0.417. The van der Waals surface area contributed by atoms with Gasteiger partial charge in [-0.15, -0.1) is 0 Å². The quantitative estimate of drug-likeness (QED) is 0.644. The Kier molecular flexibility index (Phi) is 7.43. The van der Waals surface area contributed by atoms with Gasteiger partial charge >= 0.3 is 6.18 Å². The molecular formula is C24H27F3N2O3. The molecule has 0 bridgehead atoms. The molecule has 0 spiro atoms. The number of hydrogen-bond donors (Lipinski definition) is 1. The molecule has 1 unspecified atom stereocenters. The van der Waals surface area contributed by atoms with Gasteiger partial charge in [-0.3, -0.25) is 9.59 Å². The Labute approximate surface area is 185 Å². The lowest BCUT2D eigenvalue weighted by molar-refractivity contribution is -0.137. The van der Waals surface area contributed by atoms with E-state index in [4.69, 9.17) is 4.74 Å². The molecule has 1 fully saturated rings. The zero-order valence-electron chi connectivity index (χ0n) is 18.2. The second-order valence-corrected chi connectivity index (χ2v) is 8.11. The monoisotopic (exact) mass is 448 g/mol. The Morgan fingerprint density at radius 3 is 2.50 bits per heavy atom. The molecule has 1 aliphatic heterocycles. The van der Waals surface area contributed by atoms with E-state index >= 15 is 0 Å². The lowest BCUT2D eigenvalue weighted by Crippen LogP contribution is -2.39. The van der Waals surface area contributed by atoms with Crippen LogP contribution in [0.25, 0.3) is 0 Å². The highest BCUT2D eigenvalue weighted by molar-refractivity contribution is 5.79.